The van der Waals surface area contributed by atoms with E-state index in [1.54, 1.807) is 11.9 Å². The van der Waals surface area contributed by atoms with Crippen LogP contribution in [0.1, 0.15) is 24.8 Å². The topological polar surface area (TPSA) is 74.8 Å². The SMILES string of the molecule is CN(C(=O)C1CCC(=O)N1Cc1ccccc1)C1CCS(=O)(=O)C1. The number of hydrogen-bond donors (Lipinski definition) is 0. The van der Waals surface area contributed by atoms with Gasteiger partial charge in [-0.15, -0.1) is 0 Å². The van der Waals surface area contributed by atoms with Gasteiger partial charge in [0.15, 0.2) is 9.84 Å². The molecule has 2 heterocycles. The molecule has 0 aliphatic carbocycles. The molecule has 2 unspecified atom stereocenters. The van der Waals surface area contributed by atoms with Gasteiger partial charge in [0, 0.05) is 26.1 Å². The lowest BCUT2D eigenvalue weighted by atomic mass is 10.1. The first-order valence-corrected chi connectivity index (χ1v) is 10.00. The smallest absolute Gasteiger partial charge is 0.245 e. The van der Waals surface area contributed by atoms with Crippen LogP contribution in [-0.2, 0) is 26.0 Å². The lowest BCUT2D eigenvalue weighted by Gasteiger charge is -2.31. The summed E-state index contributed by atoms with van der Waals surface area (Å²) in [5.74, 6) is -0.0233. The van der Waals surface area contributed by atoms with Crippen LogP contribution in [-0.4, -0.2) is 60.7 Å². The van der Waals surface area contributed by atoms with Crippen molar-refractivity contribution in [3.63, 3.8) is 0 Å². The summed E-state index contributed by atoms with van der Waals surface area (Å²) >= 11 is 0. The van der Waals surface area contributed by atoms with Crippen molar-refractivity contribution in [2.24, 2.45) is 0 Å². The first kappa shape index (κ1) is 17.0. The lowest BCUT2D eigenvalue weighted by Crippen LogP contribution is -2.48. The van der Waals surface area contributed by atoms with Crippen molar-refractivity contribution in [1.29, 1.82) is 0 Å². The summed E-state index contributed by atoms with van der Waals surface area (Å²) in [4.78, 5) is 28.2. The standard InChI is InChI=1S/C17H22N2O4S/c1-18(14-9-10-24(22,23)12-14)17(21)15-7-8-16(20)19(15)11-13-5-3-2-4-6-13/h2-6,14-15H,7-12H2,1H3. The number of amides is 2. The number of sulfone groups is 1. The van der Waals surface area contributed by atoms with Crippen LogP contribution in [0.15, 0.2) is 30.3 Å². The molecule has 2 aliphatic rings. The van der Waals surface area contributed by atoms with Crippen LogP contribution < -0.4 is 0 Å². The number of carbonyl (C=O) groups is 2. The van der Waals surface area contributed by atoms with Gasteiger partial charge in [0.25, 0.3) is 0 Å². The van der Waals surface area contributed by atoms with E-state index in [2.05, 4.69) is 0 Å². The van der Waals surface area contributed by atoms with Gasteiger partial charge in [0.05, 0.1) is 11.5 Å². The summed E-state index contributed by atoms with van der Waals surface area (Å²) in [7, 11) is -1.39. The Kier molecular flexibility index (Phi) is 4.62. The predicted molar refractivity (Wildman–Crippen MR) is 89.8 cm³/mol. The highest BCUT2D eigenvalue weighted by Gasteiger charge is 2.41. The third-order valence-corrected chi connectivity index (χ3v) is 6.66. The molecule has 0 aromatic heterocycles. The number of carbonyl (C=O) groups excluding carboxylic acids is 2. The molecule has 1 aromatic carbocycles. The summed E-state index contributed by atoms with van der Waals surface area (Å²) in [6, 6.07) is 8.81. The third kappa shape index (κ3) is 3.45. The van der Waals surface area contributed by atoms with Crippen LogP contribution >= 0.6 is 0 Å². The van der Waals surface area contributed by atoms with Crippen molar-refractivity contribution >= 4 is 21.7 Å². The van der Waals surface area contributed by atoms with Crippen molar-refractivity contribution in [2.45, 2.75) is 37.9 Å². The highest BCUT2D eigenvalue weighted by atomic mass is 32.2. The fraction of sp³-hybridized carbons (Fsp3) is 0.529. The highest BCUT2D eigenvalue weighted by Crippen LogP contribution is 2.25. The predicted octanol–water partition coefficient (Wildman–Crippen LogP) is 0.823. The van der Waals surface area contributed by atoms with E-state index in [0.29, 0.717) is 25.8 Å². The normalized spacial score (nSPS) is 25.9. The summed E-state index contributed by atoms with van der Waals surface area (Å²) in [6.45, 7) is 0.410. The van der Waals surface area contributed by atoms with E-state index in [9.17, 15) is 18.0 Å². The molecule has 2 aliphatic heterocycles. The first-order valence-electron chi connectivity index (χ1n) is 8.18. The molecule has 0 N–H and O–H groups in total. The van der Waals surface area contributed by atoms with Crippen molar-refractivity contribution in [3.05, 3.63) is 35.9 Å². The van der Waals surface area contributed by atoms with Crippen LogP contribution in [0.5, 0.6) is 0 Å². The molecule has 0 saturated carbocycles. The van der Waals surface area contributed by atoms with E-state index in [1.807, 2.05) is 30.3 Å². The lowest BCUT2D eigenvalue weighted by molar-refractivity contribution is -0.142. The number of nitrogens with zero attached hydrogens (tertiary/aromatic N) is 2. The van der Waals surface area contributed by atoms with Gasteiger partial charge < -0.3 is 9.80 Å². The van der Waals surface area contributed by atoms with Crippen molar-refractivity contribution in [3.8, 4) is 0 Å². The zero-order valence-electron chi connectivity index (χ0n) is 13.7. The first-order chi connectivity index (χ1) is 11.4. The average molecular weight is 350 g/mol. The second-order valence-electron chi connectivity index (χ2n) is 6.57. The Labute approximate surface area is 142 Å². The molecule has 0 spiro atoms. The molecule has 7 heteroatoms. The van der Waals surface area contributed by atoms with E-state index in [0.717, 1.165) is 5.56 Å². The van der Waals surface area contributed by atoms with Crippen molar-refractivity contribution in [1.82, 2.24) is 9.80 Å². The van der Waals surface area contributed by atoms with Gasteiger partial charge in [-0.05, 0) is 18.4 Å². The minimum atomic E-state index is -3.04. The summed E-state index contributed by atoms with van der Waals surface area (Å²) in [5, 5.41) is 0. The van der Waals surface area contributed by atoms with Crippen molar-refractivity contribution < 1.29 is 18.0 Å². The second kappa shape index (κ2) is 6.55. The van der Waals surface area contributed by atoms with Gasteiger partial charge in [-0.25, -0.2) is 8.42 Å². The number of likely N-dealkylation sites (tertiary alicyclic amines) is 1. The van der Waals surface area contributed by atoms with Gasteiger partial charge in [-0.2, -0.15) is 0 Å². The Hall–Kier alpha value is -1.89. The Balaban J connectivity index is 1.72. The largest absolute Gasteiger partial charge is 0.340 e. The van der Waals surface area contributed by atoms with E-state index in [1.165, 1.54) is 4.90 Å². The molecule has 2 saturated heterocycles. The van der Waals surface area contributed by atoms with Crippen molar-refractivity contribution in [2.75, 3.05) is 18.6 Å². The zero-order chi connectivity index (χ0) is 17.3. The molecule has 0 radical (unpaired) electrons. The quantitative estimate of drug-likeness (QED) is 0.806. The van der Waals surface area contributed by atoms with E-state index >= 15 is 0 Å². The fourth-order valence-corrected chi connectivity index (χ4v) is 5.24. The van der Waals surface area contributed by atoms with Gasteiger partial charge in [0.2, 0.25) is 11.8 Å². The number of rotatable bonds is 4. The average Bonchev–Trinajstić information content (AvgIpc) is 3.10. The molecule has 0 bridgehead atoms. The molecule has 1 aromatic rings. The maximum absolute atomic E-state index is 12.8. The molecular formula is C17H22N2O4S. The van der Waals surface area contributed by atoms with Crippen LogP contribution in [0.25, 0.3) is 0 Å². The maximum Gasteiger partial charge on any atom is 0.245 e. The minimum absolute atomic E-state index is 0.0224. The molecule has 130 valence electrons. The third-order valence-electron chi connectivity index (χ3n) is 4.91. The monoisotopic (exact) mass is 350 g/mol. The van der Waals surface area contributed by atoms with Crippen LogP contribution in [0.3, 0.4) is 0 Å². The molecule has 2 atom stereocenters. The molecule has 2 fully saturated rings. The summed E-state index contributed by atoms with van der Waals surface area (Å²) < 4.78 is 23.3. The van der Waals surface area contributed by atoms with Gasteiger partial charge in [-0.1, -0.05) is 30.3 Å². The molecule has 24 heavy (non-hydrogen) atoms. The van der Waals surface area contributed by atoms with E-state index in [4.69, 9.17) is 0 Å². The number of likely N-dealkylation sites (N-methyl/N-ethyl adjacent to an activating group) is 1. The van der Waals surface area contributed by atoms with Crippen LogP contribution in [0.2, 0.25) is 0 Å². The van der Waals surface area contributed by atoms with Crippen LogP contribution in [0.4, 0.5) is 0 Å². The zero-order valence-corrected chi connectivity index (χ0v) is 14.5. The number of hydrogen-bond acceptors (Lipinski definition) is 4. The number of benzene rings is 1. The van der Waals surface area contributed by atoms with Gasteiger partial charge in [-0.3, -0.25) is 9.59 Å². The molecule has 3 rings (SSSR count). The minimum Gasteiger partial charge on any atom is -0.340 e. The Bertz CT molecular complexity index is 732. The van der Waals surface area contributed by atoms with E-state index in [-0.39, 0.29) is 29.4 Å². The Morgan fingerprint density at radius 3 is 2.58 bits per heavy atom. The highest BCUT2D eigenvalue weighted by molar-refractivity contribution is 7.91. The molecule has 2 amide bonds. The Morgan fingerprint density at radius 1 is 1.25 bits per heavy atom. The second-order valence-corrected chi connectivity index (χ2v) is 8.80. The summed E-state index contributed by atoms with van der Waals surface area (Å²) in [6.07, 6.45) is 1.33. The maximum atomic E-state index is 12.8. The van der Waals surface area contributed by atoms with E-state index < -0.39 is 15.9 Å². The summed E-state index contributed by atoms with van der Waals surface area (Å²) in [5.41, 5.74) is 0.983. The molecule has 6 nitrogen and oxygen atoms in total. The fourth-order valence-electron chi connectivity index (χ4n) is 3.46. The molecular weight excluding hydrogens is 328 g/mol. The van der Waals surface area contributed by atoms with Gasteiger partial charge >= 0.3 is 0 Å². The van der Waals surface area contributed by atoms with Gasteiger partial charge in [0.1, 0.15) is 6.04 Å². The Morgan fingerprint density at radius 2 is 1.96 bits per heavy atom. The van der Waals surface area contributed by atoms with Crippen LogP contribution in [0, 0.1) is 0 Å².